The molecular formula is C21H33F2IN4O. The molecule has 0 bridgehead atoms. The van der Waals surface area contributed by atoms with E-state index in [2.05, 4.69) is 29.5 Å². The molecule has 1 aromatic carbocycles. The smallest absolute Gasteiger partial charge is 0.225 e. The molecule has 1 amide bonds. The van der Waals surface area contributed by atoms with Crippen molar-refractivity contribution in [3.8, 4) is 0 Å². The van der Waals surface area contributed by atoms with E-state index in [4.69, 9.17) is 0 Å². The lowest BCUT2D eigenvalue weighted by Gasteiger charge is -2.34. The van der Waals surface area contributed by atoms with Crippen LogP contribution in [0.25, 0.3) is 0 Å². The minimum atomic E-state index is -0.569. The summed E-state index contributed by atoms with van der Waals surface area (Å²) in [4.78, 5) is 18.7. The first-order chi connectivity index (χ1) is 13.5. The molecule has 8 heteroatoms. The van der Waals surface area contributed by atoms with E-state index in [0.29, 0.717) is 24.5 Å². The Morgan fingerprint density at radius 1 is 1.24 bits per heavy atom. The van der Waals surface area contributed by atoms with Crippen LogP contribution in [-0.4, -0.2) is 49.5 Å². The highest BCUT2D eigenvalue weighted by molar-refractivity contribution is 14.0. The van der Waals surface area contributed by atoms with Gasteiger partial charge >= 0.3 is 0 Å². The summed E-state index contributed by atoms with van der Waals surface area (Å²) in [6.07, 6.45) is 3.96. The van der Waals surface area contributed by atoms with Crippen molar-refractivity contribution in [3.05, 3.63) is 35.4 Å². The number of benzene rings is 1. The number of guanidine groups is 1. The Balaban J connectivity index is 0.00000420. The van der Waals surface area contributed by atoms with Crippen LogP contribution in [0, 0.1) is 17.6 Å². The molecule has 164 valence electrons. The van der Waals surface area contributed by atoms with Gasteiger partial charge in [0.05, 0.1) is 0 Å². The largest absolute Gasteiger partial charge is 0.356 e. The van der Waals surface area contributed by atoms with Gasteiger partial charge in [0.25, 0.3) is 0 Å². The van der Waals surface area contributed by atoms with Gasteiger partial charge in [-0.05, 0) is 43.7 Å². The summed E-state index contributed by atoms with van der Waals surface area (Å²) >= 11 is 0. The molecule has 29 heavy (non-hydrogen) atoms. The van der Waals surface area contributed by atoms with E-state index in [9.17, 15) is 13.6 Å². The first kappa shape index (κ1) is 25.6. The van der Waals surface area contributed by atoms with Crippen molar-refractivity contribution in [2.75, 3.05) is 26.7 Å². The van der Waals surface area contributed by atoms with Crippen molar-refractivity contribution in [2.24, 2.45) is 10.9 Å². The molecular weight excluding hydrogens is 489 g/mol. The minimum absolute atomic E-state index is 0. The third-order valence-electron chi connectivity index (χ3n) is 5.41. The topological polar surface area (TPSA) is 56.7 Å². The van der Waals surface area contributed by atoms with Crippen LogP contribution in [0.2, 0.25) is 0 Å². The van der Waals surface area contributed by atoms with E-state index in [1.807, 2.05) is 4.90 Å². The number of carbonyl (C=O) groups is 1. The third kappa shape index (κ3) is 7.71. The van der Waals surface area contributed by atoms with Gasteiger partial charge in [0.1, 0.15) is 11.6 Å². The molecule has 2 N–H and O–H groups in total. The number of halogens is 3. The van der Waals surface area contributed by atoms with E-state index in [1.54, 1.807) is 7.05 Å². The summed E-state index contributed by atoms with van der Waals surface area (Å²) in [5.41, 5.74) is 0.470. The fourth-order valence-electron chi connectivity index (χ4n) is 3.57. The number of hydrogen-bond acceptors (Lipinski definition) is 2. The minimum Gasteiger partial charge on any atom is -0.356 e. The molecule has 1 aliphatic rings. The number of aliphatic imine (C=N–C) groups is 1. The van der Waals surface area contributed by atoms with Crippen molar-refractivity contribution in [2.45, 2.75) is 52.0 Å². The van der Waals surface area contributed by atoms with Crippen molar-refractivity contribution in [1.82, 2.24) is 15.5 Å². The van der Waals surface area contributed by atoms with Gasteiger partial charge in [-0.25, -0.2) is 8.78 Å². The molecule has 1 saturated heterocycles. The van der Waals surface area contributed by atoms with Crippen LogP contribution in [0.3, 0.4) is 0 Å². The van der Waals surface area contributed by atoms with Gasteiger partial charge in [-0.2, -0.15) is 0 Å². The number of piperidine rings is 1. The predicted octanol–water partition coefficient (Wildman–Crippen LogP) is 3.72. The molecule has 1 heterocycles. The van der Waals surface area contributed by atoms with Crippen molar-refractivity contribution >= 4 is 35.8 Å². The second-order valence-corrected chi connectivity index (χ2v) is 7.24. The van der Waals surface area contributed by atoms with Gasteiger partial charge in [-0.15, -0.1) is 24.0 Å². The summed E-state index contributed by atoms with van der Waals surface area (Å²) in [7, 11) is 1.69. The number of nitrogens with zero attached hydrogens (tertiary/aromatic N) is 2. The molecule has 2 rings (SSSR count). The lowest BCUT2D eigenvalue weighted by Crippen LogP contribution is -2.50. The summed E-state index contributed by atoms with van der Waals surface area (Å²) in [5.74, 6) is -0.0367. The van der Waals surface area contributed by atoms with Gasteiger partial charge in [-0.1, -0.05) is 19.9 Å². The van der Waals surface area contributed by atoms with Crippen LogP contribution in [0.5, 0.6) is 0 Å². The molecule has 1 aliphatic heterocycles. The molecule has 0 aromatic heterocycles. The first-order valence-corrected chi connectivity index (χ1v) is 10.2. The summed E-state index contributed by atoms with van der Waals surface area (Å²) in [5, 5.41) is 6.55. The highest BCUT2D eigenvalue weighted by Crippen LogP contribution is 2.17. The Morgan fingerprint density at radius 2 is 1.90 bits per heavy atom. The molecule has 0 spiro atoms. The number of hydrogen-bond donors (Lipinski definition) is 2. The van der Waals surface area contributed by atoms with E-state index in [1.165, 1.54) is 12.1 Å². The lowest BCUT2D eigenvalue weighted by atomic mass is 9.98. The molecule has 0 unspecified atom stereocenters. The Hall–Kier alpha value is -1.45. The second kappa shape index (κ2) is 13.0. The Morgan fingerprint density at radius 3 is 2.45 bits per heavy atom. The van der Waals surface area contributed by atoms with Crippen molar-refractivity contribution in [3.63, 3.8) is 0 Å². The van der Waals surface area contributed by atoms with Crippen LogP contribution < -0.4 is 10.6 Å². The second-order valence-electron chi connectivity index (χ2n) is 7.24. The van der Waals surface area contributed by atoms with E-state index in [0.717, 1.165) is 44.8 Å². The molecule has 0 saturated carbocycles. The average Bonchev–Trinajstić information content (AvgIpc) is 2.70. The van der Waals surface area contributed by atoms with Gasteiger partial charge in [0.15, 0.2) is 5.96 Å². The molecule has 0 aliphatic carbocycles. The quantitative estimate of drug-likeness (QED) is 0.326. The number of rotatable bonds is 7. The van der Waals surface area contributed by atoms with Gasteiger partial charge in [0, 0.05) is 44.7 Å². The zero-order valence-corrected chi connectivity index (χ0v) is 19.8. The molecule has 1 fully saturated rings. The number of likely N-dealkylation sites (tertiary alicyclic amines) is 1. The Labute approximate surface area is 189 Å². The van der Waals surface area contributed by atoms with Crippen LogP contribution in [0.1, 0.15) is 45.1 Å². The molecule has 5 nitrogen and oxygen atoms in total. The predicted molar refractivity (Wildman–Crippen MR) is 124 cm³/mol. The van der Waals surface area contributed by atoms with Crippen molar-refractivity contribution < 1.29 is 13.6 Å². The highest BCUT2D eigenvalue weighted by atomic mass is 127. The number of carbonyl (C=O) groups excluding carboxylic acids is 1. The summed E-state index contributed by atoms with van der Waals surface area (Å²) in [6.45, 7) is 6.13. The van der Waals surface area contributed by atoms with E-state index < -0.39 is 11.6 Å². The third-order valence-corrected chi connectivity index (χ3v) is 5.41. The maximum atomic E-state index is 13.7. The van der Waals surface area contributed by atoms with Crippen molar-refractivity contribution in [1.29, 1.82) is 0 Å². The molecule has 0 radical (unpaired) electrons. The normalized spacial score (nSPS) is 15.2. The molecule has 1 aromatic rings. The highest BCUT2D eigenvalue weighted by Gasteiger charge is 2.26. The Kier molecular flexibility index (Phi) is 11.4. The SMILES string of the molecule is CCC(CC)C(=O)N1CCC(NC(=NC)NCCc2ccc(F)cc2F)CC1.I. The van der Waals surface area contributed by atoms with Crippen LogP contribution in [0.4, 0.5) is 8.78 Å². The Bertz CT molecular complexity index is 675. The van der Waals surface area contributed by atoms with Crippen LogP contribution >= 0.6 is 24.0 Å². The monoisotopic (exact) mass is 522 g/mol. The number of amides is 1. The average molecular weight is 522 g/mol. The van der Waals surface area contributed by atoms with E-state index >= 15 is 0 Å². The molecule has 0 atom stereocenters. The number of nitrogens with one attached hydrogen (secondary N) is 2. The van der Waals surface area contributed by atoms with Crippen LogP contribution in [0.15, 0.2) is 23.2 Å². The first-order valence-electron chi connectivity index (χ1n) is 10.2. The van der Waals surface area contributed by atoms with Crippen LogP contribution in [-0.2, 0) is 11.2 Å². The van der Waals surface area contributed by atoms with Gasteiger partial charge < -0.3 is 15.5 Å². The fraction of sp³-hybridized carbons (Fsp3) is 0.619. The maximum absolute atomic E-state index is 13.7. The lowest BCUT2D eigenvalue weighted by molar-refractivity contribution is -0.136. The summed E-state index contributed by atoms with van der Waals surface area (Å²) in [6, 6.07) is 3.88. The summed E-state index contributed by atoms with van der Waals surface area (Å²) < 4.78 is 26.7. The zero-order chi connectivity index (χ0) is 20.5. The zero-order valence-electron chi connectivity index (χ0n) is 17.5. The standard InChI is InChI=1S/C21H32F2N4O.HI/c1-4-15(5-2)20(28)27-12-9-18(10-13-27)26-21(24-3)25-11-8-16-6-7-17(22)14-19(16)23;/h6-7,14-15,18H,4-5,8-13H2,1-3H3,(H2,24,25,26);1H. The van der Waals surface area contributed by atoms with Gasteiger partial charge in [0.2, 0.25) is 5.91 Å². The van der Waals surface area contributed by atoms with Gasteiger partial charge in [-0.3, -0.25) is 9.79 Å². The van der Waals surface area contributed by atoms with E-state index in [-0.39, 0.29) is 41.8 Å². The maximum Gasteiger partial charge on any atom is 0.225 e. The fourth-order valence-corrected chi connectivity index (χ4v) is 3.57.